The van der Waals surface area contributed by atoms with Crippen molar-refractivity contribution < 1.29 is 4.74 Å². The zero-order valence-corrected chi connectivity index (χ0v) is 13.2. The van der Waals surface area contributed by atoms with Crippen molar-refractivity contribution in [1.82, 2.24) is 14.5 Å². The highest BCUT2D eigenvalue weighted by molar-refractivity contribution is 7.22. The second-order valence-corrected chi connectivity index (χ2v) is 6.28. The van der Waals surface area contributed by atoms with Crippen molar-refractivity contribution in [2.75, 3.05) is 5.73 Å². The summed E-state index contributed by atoms with van der Waals surface area (Å²) < 4.78 is 8.92. The third-order valence-corrected chi connectivity index (χ3v) is 4.60. The molecule has 0 spiro atoms. The maximum Gasteiger partial charge on any atom is 0.148 e. The van der Waals surface area contributed by atoms with Crippen LogP contribution in [0.3, 0.4) is 0 Å². The molecular formula is C17H14N4OS. The van der Waals surface area contributed by atoms with Gasteiger partial charge in [-0.05, 0) is 30.3 Å². The standard InChI is InChI=1S/C17H14N4OS/c1-21-9-14(20-10-21)16-8-13-17(23-16)15(6-7-19-13)22-12-4-2-11(18)3-5-12/h2-10H,18H2,1H3. The van der Waals surface area contributed by atoms with Crippen LogP contribution in [0, 0.1) is 0 Å². The molecule has 0 aliphatic carbocycles. The molecule has 0 atom stereocenters. The summed E-state index contributed by atoms with van der Waals surface area (Å²) in [6.45, 7) is 0. The molecule has 4 aromatic rings. The number of hydrogen-bond donors (Lipinski definition) is 1. The van der Waals surface area contributed by atoms with Crippen LogP contribution in [0.25, 0.3) is 20.8 Å². The molecular weight excluding hydrogens is 308 g/mol. The van der Waals surface area contributed by atoms with E-state index in [0.717, 1.165) is 32.3 Å². The predicted molar refractivity (Wildman–Crippen MR) is 92.8 cm³/mol. The van der Waals surface area contributed by atoms with Crippen LogP contribution in [0.2, 0.25) is 0 Å². The van der Waals surface area contributed by atoms with Gasteiger partial charge in [0.15, 0.2) is 0 Å². The van der Waals surface area contributed by atoms with Gasteiger partial charge in [0.2, 0.25) is 0 Å². The van der Waals surface area contributed by atoms with Crippen molar-refractivity contribution in [2.24, 2.45) is 7.05 Å². The van der Waals surface area contributed by atoms with Crippen molar-refractivity contribution in [3.05, 3.63) is 55.1 Å². The average Bonchev–Trinajstić information content (AvgIpc) is 3.16. The molecule has 1 aromatic carbocycles. The largest absolute Gasteiger partial charge is 0.456 e. The summed E-state index contributed by atoms with van der Waals surface area (Å²) in [5, 5.41) is 0. The molecule has 0 radical (unpaired) electrons. The molecule has 6 heteroatoms. The summed E-state index contributed by atoms with van der Waals surface area (Å²) in [7, 11) is 1.96. The molecule has 2 N–H and O–H groups in total. The van der Waals surface area contributed by atoms with Crippen LogP contribution in [0.4, 0.5) is 5.69 Å². The predicted octanol–water partition coefficient (Wildman–Crippen LogP) is 4.07. The first-order chi connectivity index (χ1) is 11.2. The Labute approximate surface area is 137 Å². The molecule has 3 aromatic heterocycles. The van der Waals surface area contributed by atoms with Gasteiger partial charge in [0.1, 0.15) is 11.5 Å². The lowest BCUT2D eigenvalue weighted by molar-refractivity contribution is 0.489. The van der Waals surface area contributed by atoms with E-state index < -0.39 is 0 Å². The van der Waals surface area contributed by atoms with Gasteiger partial charge < -0.3 is 15.0 Å². The van der Waals surface area contributed by atoms with Crippen LogP contribution in [-0.4, -0.2) is 14.5 Å². The van der Waals surface area contributed by atoms with Crippen LogP contribution in [0.15, 0.2) is 55.1 Å². The molecule has 3 heterocycles. The number of aromatic nitrogens is 3. The fourth-order valence-corrected chi connectivity index (χ4v) is 3.35. The highest BCUT2D eigenvalue weighted by Gasteiger charge is 2.12. The van der Waals surface area contributed by atoms with E-state index in [0.29, 0.717) is 5.69 Å². The lowest BCUT2D eigenvalue weighted by atomic mass is 10.3. The molecule has 4 rings (SSSR count). The summed E-state index contributed by atoms with van der Waals surface area (Å²) in [6.07, 6.45) is 5.54. The van der Waals surface area contributed by atoms with E-state index in [9.17, 15) is 0 Å². The number of hydrogen-bond acceptors (Lipinski definition) is 5. The van der Waals surface area contributed by atoms with Gasteiger partial charge in [0, 0.05) is 31.2 Å². The molecule has 0 unspecified atom stereocenters. The number of pyridine rings is 1. The van der Waals surface area contributed by atoms with E-state index >= 15 is 0 Å². The Balaban J connectivity index is 1.75. The fraction of sp³-hybridized carbons (Fsp3) is 0.0588. The number of fused-ring (bicyclic) bond motifs is 1. The number of aryl methyl sites for hydroxylation is 1. The van der Waals surface area contributed by atoms with E-state index in [2.05, 4.69) is 9.97 Å². The van der Waals surface area contributed by atoms with Gasteiger partial charge in [-0.25, -0.2) is 4.98 Å². The van der Waals surface area contributed by atoms with E-state index in [-0.39, 0.29) is 0 Å². The molecule has 0 amide bonds. The van der Waals surface area contributed by atoms with Crippen LogP contribution >= 0.6 is 11.3 Å². The summed E-state index contributed by atoms with van der Waals surface area (Å²) >= 11 is 1.62. The van der Waals surface area contributed by atoms with Gasteiger partial charge in [-0.1, -0.05) is 0 Å². The van der Waals surface area contributed by atoms with E-state index in [1.54, 1.807) is 23.9 Å². The summed E-state index contributed by atoms with van der Waals surface area (Å²) in [4.78, 5) is 9.89. The number of nitrogens with zero attached hydrogens (tertiary/aromatic N) is 3. The van der Waals surface area contributed by atoms with Crippen molar-refractivity contribution in [3.63, 3.8) is 0 Å². The first kappa shape index (κ1) is 13.8. The number of imidazole rings is 1. The maximum atomic E-state index is 5.99. The summed E-state index contributed by atoms with van der Waals surface area (Å²) in [6, 6.07) is 11.3. The van der Waals surface area contributed by atoms with Crippen molar-refractivity contribution in [1.29, 1.82) is 0 Å². The Morgan fingerprint density at radius 2 is 1.96 bits per heavy atom. The molecule has 0 aliphatic heterocycles. The molecule has 0 bridgehead atoms. The topological polar surface area (TPSA) is 66.0 Å². The zero-order chi connectivity index (χ0) is 15.8. The van der Waals surface area contributed by atoms with Crippen LogP contribution in [0.1, 0.15) is 0 Å². The number of benzene rings is 1. The Morgan fingerprint density at radius 1 is 1.13 bits per heavy atom. The highest BCUT2D eigenvalue weighted by Crippen LogP contribution is 2.38. The van der Waals surface area contributed by atoms with E-state index in [4.69, 9.17) is 10.5 Å². The Bertz CT molecular complexity index is 972. The third kappa shape index (κ3) is 2.64. The molecule has 5 nitrogen and oxygen atoms in total. The van der Waals surface area contributed by atoms with Gasteiger partial charge in [-0.2, -0.15) is 0 Å². The second-order valence-electron chi connectivity index (χ2n) is 5.23. The Hall–Kier alpha value is -2.86. The Morgan fingerprint density at radius 3 is 2.70 bits per heavy atom. The lowest BCUT2D eigenvalue weighted by Gasteiger charge is -2.06. The molecule has 0 aliphatic rings. The van der Waals surface area contributed by atoms with Gasteiger partial charge in [0.05, 0.1) is 27.1 Å². The number of thiophene rings is 1. The molecule has 114 valence electrons. The van der Waals surface area contributed by atoms with Gasteiger partial charge in [-0.15, -0.1) is 11.3 Å². The maximum absolute atomic E-state index is 5.99. The van der Waals surface area contributed by atoms with Gasteiger partial charge in [0.25, 0.3) is 0 Å². The smallest absolute Gasteiger partial charge is 0.148 e. The number of ether oxygens (including phenoxy) is 1. The van der Waals surface area contributed by atoms with Gasteiger partial charge >= 0.3 is 0 Å². The molecule has 23 heavy (non-hydrogen) atoms. The van der Waals surface area contributed by atoms with Crippen molar-refractivity contribution in [3.8, 4) is 22.1 Å². The minimum atomic E-state index is 0.714. The number of nitrogen functional groups attached to an aromatic ring is 1. The molecule has 0 fully saturated rings. The Kier molecular flexibility index (Phi) is 3.24. The minimum Gasteiger partial charge on any atom is -0.456 e. The quantitative estimate of drug-likeness (QED) is 0.577. The summed E-state index contributed by atoms with van der Waals surface area (Å²) in [5.41, 5.74) is 8.27. The zero-order valence-electron chi connectivity index (χ0n) is 12.4. The number of rotatable bonds is 3. The van der Waals surface area contributed by atoms with Crippen LogP contribution in [-0.2, 0) is 7.05 Å². The van der Waals surface area contributed by atoms with Gasteiger partial charge in [-0.3, -0.25) is 4.98 Å². The fourth-order valence-electron chi connectivity index (χ4n) is 2.32. The SMILES string of the molecule is Cn1cnc(-c2cc3nccc(Oc4ccc(N)cc4)c3s2)c1. The van der Waals surface area contributed by atoms with E-state index in [1.807, 2.05) is 54.2 Å². The second kappa shape index (κ2) is 5.40. The lowest BCUT2D eigenvalue weighted by Crippen LogP contribution is -1.87. The highest BCUT2D eigenvalue weighted by atomic mass is 32.1. The number of nitrogens with two attached hydrogens (primary N) is 1. The van der Waals surface area contributed by atoms with Crippen LogP contribution in [0.5, 0.6) is 11.5 Å². The van der Waals surface area contributed by atoms with Crippen LogP contribution < -0.4 is 10.5 Å². The monoisotopic (exact) mass is 322 g/mol. The van der Waals surface area contributed by atoms with Crippen molar-refractivity contribution in [2.45, 2.75) is 0 Å². The van der Waals surface area contributed by atoms with Crippen molar-refractivity contribution >= 4 is 27.2 Å². The average molecular weight is 322 g/mol. The molecule has 0 saturated heterocycles. The summed E-state index contributed by atoms with van der Waals surface area (Å²) in [5.74, 6) is 1.53. The first-order valence-corrected chi connectivity index (χ1v) is 7.91. The number of anilines is 1. The first-order valence-electron chi connectivity index (χ1n) is 7.09. The third-order valence-electron chi connectivity index (χ3n) is 3.44. The minimum absolute atomic E-state index is 0.714. The van der Waals surface area contributed by atoms with E-state index in [1.165, 1.54) is 0 Å². The normalized spacial score (nSPS) is 11.0. The molecule has 0 saturated carbocycles.